The van der Waals surface area contributed by atoms with Gasteiger partial charge in [-0.15, -0.1) is 0 Å². The van der Waals surface area contributed by atoms with Gasteiger partial charge in [0.2, 0.25) is 0 Å². The number of benzene rings is 1. The van der Waals surface area contributed by atoms with Crippen molar-refractivity contribution >= 4 is 30.6 Å². The minimum absolute atomic E-state index is 0.0138. The average Bonchev–Trinajstić information content (AvgIpc) is 2.58. The summed E-state index contributed by atoms with van der Waals surface area (Å²) in [6, 6.07) is 3.15. The molecule has 10 heteroatoms. The third-order valence-electron chi connectivity index (χ3n) is 3.51. The minimum Gasteiger partial charge on any atom is -0.467 e. The lowest BCUT2D eigenvalue weighted by Crippen LogP contribution is -2.45. The molecule has 0 bridgehead atoms. The molecule has 1 unspecified atom stereocenters. The van der Waals surface area contributed by atoms with Crippen LogP contribution in [0.4, 0.5) is 4.79 Å². The summed E-state index contributed by atoms with van der Waals surface area (Å²) >= 11 is 0. The molecular weight excluding hydrogens is 369 g/mol. The van der Waals surface area contributed by atoms with E-state index in [0.717, 1.165) is 0 Å². The zero-order chi connectivity index (χ0) is 21.5. The normalized spacial score (nSPS) is 12.0. The fourth-order valence-corrected chi connectivity index (χ4v) is 2.36. The minimum atomic E-state index is -1.87. The quantitative estimate of drug-likeness (QED) is 0.338. The average molecular weight is 395 g/mol. The first-order valence-electron chi connectivity index (χ1n) is 8.72. The van der Waals surface area contributed by atoms with Gasteiger partial charge in [-0.1, -0.05) is 12.1 Å². The van der Waals surface area contributed by atoms with Crippen LogP contribution in [0.5, 0.6) is 0 Å². The van der Waals surface area contributed by atoms with E-state index in [-0.39, 0.29) is 24.1 Å². The molecule has 0 saturated carbocycles. The summed E-state index contributed by atoms with van der Waals surface area (Å²) in [6.07, 6.45) is -0.809. The Labute approximate surface area is 164 Å². The van der Waals surface area contributed by atoms with Crippen molar-refractivity contribution in [2.75, 3.05) is 13.7 Å². The maximum Gasteiger partial charge on any atom is 0.489 e. The van der Waals surface area contributed by atoms with Crippen LogP contribution in [0.3, 0.4) is 0 Å². The highest BCUT2D eigenvalue weighted by molar-refractivity contribution is 6.60. The van der Waals surface area contributed by atoms with Gasteiger partial charge in [0, 0.05) is 6.42 Å². The topological polar surface area (TPSA) is 131 Å². The van der Waals surface area contributed by atoms with E-state index in [1.165, 1.54) is 25.3 Å². The monoisotopic (exact) mass is 395 g/mol. The number of ether oxygens (including phenoxy) is 3. The number of carbonyl (C=O) groups is 3. The first-order chi connectivity index (χ1) is 13.0. The maximum atomic E-state index is 12.1. The molecule has 9 nitrogen and oxygen atoms in total. The molecule has 0 aliphatic heterocycles. The third kappa shape index (κ3) is 7.20. The number of esters is 2. The smallest absolute Gasteiger partial charge is 0.467 e. The van der Waals surface area contributed by atoms with Gasteiger partial charge in [0.1, 0.15) is 11.6 Å². The van der Waals surface area contributed by atoms with Gasteiger partial charge < -0.3 is 29.6 Å². The van der Waals surface area contributed by atoms with E-state index in [1.54, 1.807) is 27.7 Å². The molecule has 0 radical (unpaired) electrons. The number of amides is 1. The van der Waals surface area contributed by atoms with E-state index >= 15 is 0 Å². The number of methoxy groups -OCH3 is 1. The number of alkyl carbamates (subject to hydrolysis) is 1. The second-order valence-corrected chi connectivity index (χ2v) is 6.94. The number of rotatable bonds is 7. The van der Waals surface area contributed by atoms with Crippen molar-refractivity contribution in [3.63, 3.8) is 0 Å². The molecule has 1 atom stereocenters. The second kappa shape index (κ2) is 10.1. The predicted molar refractivity (Wildman–Crippen MR) is 101 cm³/mol. The molecule has 0 aliphatic rings. The third-order valence-corrected chi connectivity index (χ3v) is 3.51. The summed E-state index contributed by atoms with van der Waals surface area (Å²) < 4.78 is 14.8. The molecule has 1 aromatic rings. The van der Waals surface area contributed by atoms with Crippen molar-refractivity contribution in [2.24, 2.45) is 0 Å². The standard InChI is InChI=1S/C18H26BNO8/c1-6-27-15(21)12-9-11(7-8-13(12)19(24)25)10-14(16(22)26-5)20-17(23)28-18(2,3)4/h7-9,14,24-25H,6,10H2,1-5H3,(H,20,23). The summed E-state index contributed by atoms with van der Waals surface area (Å²) in [6.45, 7) is 6.78. The van der Waals surface area contributed by atoms with Gasteiger partial charge in [-0.3, -0.25) is 0 Å². The molecule has 1 amide bonds. The summed E-state index contributed by atoms with van der Waals surface area (Å²) in [4.78, 5) is 36.2. The number of nitrogens with one attached hydrogen (secondary N) is 1. The highest BCUT2D eigenvalue weighted by atomic mass is 16.6. The Kier molecular flexibility index (Phi) is 8.46. The molecule has 28 heavy (non-hydrogen) atoms. The van der Waals surface area contributed by atoms with Gasteiger partial charge in [-0.25, -0.2) is 14.4 Å². The van der Waals surface area contributed by atoms with E-state index < -0.39 is 36.8 Å². The Bertz CT molecular complexity index is 714. The SMILES string of the molecule is CCOC(=O)c1cc(CC(NC(=O)OC(C)(C)C)C(=O)OC)ccc1B(O)O. The number of carbonyl (C=O) groups excluding carboxylic acids is 3. The lowest BCUT2D eigenvalue weighted by atomic mass is 9.76. The Morgan fingerprint density at radius 3 is 2.36 bits per heavy atom. The van der Waals surface area contributed by atoms with Crippen LogP contribution in [0.25, 0.3) is 0 Å². The van der Waals surface area contributed by atoms with Crippen molar-refractivity contribution in [3.05, 3.63) is 29.3 Å². The van der Waals surface area contributed by atoms with Gasteiger partial charge >= 0.3 is 25.2 Å². The highest BCUT2D eigenvalue weighted by Gasteiger charge is 2.27. The van der Waals surface area contributed by atoms with Crippen LogP contribution in [0.2, 0.25) is 0 Å². The van der Waals surface area contributed by atoms with Crippen LogP contribution in [0, 0.1) is 0 Å². The molecule has 0 spiro atoms. The van der Waals surface area contributed by atoms with Crippen molar-refractivity contribution in [3.8, 4) is 0 Å². The molecular formula is C18H26BNO8. The van der Waals surface area contributed by atoms with Gasteiger partial charge in [0.25, 0.3) is 0 Å². The number of hydrogen-bond acceptors (Lipinski definition) is 8. The van der Waals surface area contributed by atoms with Crippen molar-refractivity contribution in [1.82, 2.24) is 5.32 Å². The van der Waals surface area contributed by atoms with Crippen LogP contribution in [-0.4, -0.2) is 60.6 Å². The molecule has 3 N–H and O–H groups in total. The van der Waals surface area contributed by atoms with Crippen LogP contribution in [0.1, 0.15) is 43.6 Å². The van der Waals surface area contributed by atoms with Crippen LogP contribution >= 0.6 is 0 Å². The number of hydrogen-bond donors (Lipinski definition) is 3. The molecule has 0 aliphatic carbocycles. The van der Waals surface area contributed by atoms with E-state index in [1.807, 2.05) is 0 Å². The van der Waals surface area contributed by atoms with E-state index in [0.29, 0.717) is 5.56 Å². The second-order valence-electron chi connectivity index (χ2n) is 6.94. The molecule has 1 aromatic carbocycles. The lowest BCUT2D eigenvalue weighted by molar-refractivity contribution is -0.143. The molecule has 0 heterocycles. The zero-order valence-electron chi connectivity index (χ0n) is 16.6. The van der Waals surface area contributed by atoms with Crippen LogP contribution in [0.15, 0.2) is 18.2 Å². The first kappa shape index (κ1) is 23.5. The summed E-state index contributed by atoms with van der Waals surface area (Å²) in [5.74, 6) is -1.43. The molecule has 1 rings (SSSR count). The van der Waals surface area contributed by atoms with Gasteiger partial charge in [-0.2, -0.15) is 0 Å². The fraction of sp³-hybridized carbons (Fsp3) is 0.500. The predicted octanol–water partition coefficient (Wildman–Crippen LogP) is 0.152. The maximum absolute atomic E-state index is 12.1. The van der Waals surface area contributed by atoms with Gasteiger partial charge in [0.05, 0.1) is 19.3 Å². The Hall–Kier alpha value is -2.59. The van der Waals surface area contributed by atoms with E-state index in [4.69, 9.17) is 14.2 Å². The van der Waals surface area contributed by atoms with Crippen molar-refractivity contribution in [2.45, 2.75) is 45.8 Å². The van der Waals surface area contributed by atoms with Crippen LogP contribution < -0.4 is 10.8 Å². The van der Waals surface area contributed by atoms with Crippen molar-refractivity contribution in [1.29, 1.82) is 0 Å². The van der Waals surface area contributed by atoms with Gasteiger partial charge in [-0.05, 0) is 44.8 Å². The van der Waals surface area contributed by atoms with Crippen molar-refractivity contribution < 1.29 is 38.6 Å². The van der Waals surface area contributed by atoms with Crippen LogP contribution in [-0.2, 0) is 25.4 Å². The summed E-state index contributed by atoms with van der Waals surface area (Å²) in [7, 11) is -0.689. The molecule has 0 fully saturated rings. The Balaban J connectivity index is 3.11. The largest absolute Gasteiger partial charge is 0.489 e. The van der Waals surface area contributed by atoms with Gasteiger partial charge in [0.15, 0.2) is 0 Å². The lowest BCUT2D eigenvalue weighted by Gasteiger charge is -2.23. The molecule has 0 saturated heterocycles. The molecule has 154 valence electrons. The summed E-state index contributed by atoms with van der Waals surface area (Å²) in [5, 5.41) is 21.3. The Morgan fingerprint density at radius 1 is 1.21 bits per heavy atom. The zero-order valence-corrected chi connectivity index (χ0v) is 16.6. The van der Waals surface area contributed by atoms with E-state index in [9.17, 15) is 24.4 Å². The fourth-order valence-electron chi connectivity index (χ4n) is 2.36. The highest BCUT2D eigenvalue weighted by Crippen LogP contribution is 2.11. The van der Waals surface area contributed by atoms with E-state index in [2.05, 4.69) is 5.32 Å². The first-order valence-corrected chi connectivity index (χ1v) is 8.72. The molecule has 0 aromatic heterocycles. The summed E-state index contributed by atoms with van der Waals surface area (Å²) in [5.41, 5.74) is -0.355. The Morgan fingerprint density at radius 2 is 1.86 bits per heavy atom.